The van der Waals surface area contributed by atoms with E-state index < -0.39 is 15.8 Å². The average Bonchev–Trinajstić information content (AvgIpc) is 3.03. The van der Waals surface area contributed by atoms with Crippen molar-refractivity contribution >= 4 is 61.5 Å². The van der Waals surface area contributed by atoms with Crippen molar-refractivity contribution < 1.29 is 13.5 Å². The summed E-state index contributed by atoms with van der Waals surface area (Å²) in [5.41, 5.74) is 1.16. The summed E-state index contributed by atoms with van der Waals surface area (Å²) in [6.45, 7) is 0. The SMILES string of the molecule is O=S1(=O)NC(Nc2cccc3[nH]ncc23)=Nc2c1cc(Cl)c(Cl)c2O. The Hall–Kier alpha value is -2.49. The monoisotopic (exact) mass is 397 g/mol. The third-order valence-electron chi connectivity index (χ3n) is 3.62. The van der Waals surface area contributed by atoms with E-state index in [1.807, 2.05) is 6.07 Å². The van der Waals surface area contributed by atoms with Gasteiger partial charge in [0.05, 0.1) is 22.4 Å². The summed E-state index contributed by atoms with van der Waals surface area (Å²) in [5, 5.41) is 20.2. The Kier molecular flexibility index (Phi) is 3.53. The Labute approximate surface area is 151 Å². The fourth-order valence-corrected chi connectivity index (χ4v) is 4.01. The van der Waals surface area contributed by atoms with E-state index in [9.17, 15) is 13.5 Å². The predicted octanol–water partition coefficient (Wildman–Crippen LogP) is 2.97. The number of phenols is 1. The summed E-state index contributed by atoms with van der Waals surface area (Å²) in [6, 6.07) is 6.46. The maximum atomic E-state index is 12.4. The first kappa shape index (κ1) is 16.0. The second kappa shape index (κ2) is 5.51. The van der Waals surface area contributed by atoms with Crippen LogP contribution in [0.4, 0.5) is 11.4 Å². The van der Waals surface area contributed by atoms with Crippen LogP contribution in [0.2, 0.25) is 10.0 Å². The number of H-pyrrole nitrogens is 1. The first-order valence-corrected chi connectivity index (χ1v) is 9.12. The molecule has 25 heavy (non-hydrogen) atoms. The van der Waals surface area contributed by atoms with E-state index >= 15 is 0 Å². The molecule has 1 aliphatic heterocycles. The van der Waals surface area contributed by atoms with Crippen molar-refractivity contribution in [1.82, 2.24) is 14.9 Å². The Balaban J connectivity index is 1.85. The second-order valence-electron chi connectivity index (χ2n) is 5.20. The van der Waals surface area contributed by atoms with Gasteiger partial charge in [0.1, 0.15) is 15.6 Å². The molecule has 3 aromatic rings. The van der Waals surface area contributed by atoms with Crippen molar-refractivity contribution in [2.45, 2.75) is 4.90 Å². The number of rotatable bonds is 1. The Morgan fingerprint density at radius 1 is 1.24 bits per heavy atom. The van der Waals surface area contributed by atoms with Crippen LogP contribution in [0.15, 0.2) is 40.4 Å². The van der Waals surface area contributed by atoms with Crippen LogP contribution in [0.5, 0.6) is 5.75 Å². The van der Waals surface area contributed by atoms with Crippen molar-refractivity contribution in [3.05, 3.63) is 40.5 Å². The van der Waals surface area contributed by atoms with Crippen LogP contribution in [0, 0.1) is 0 Å². The normalized spacial score (nSPS) is 15.4. The molecule has 128 valence electrons. The van der Waals surface area contributed by atoms with Crippen molar-refractivity contribution in [2.24, 2.45) is 4.99 Å². The minimum Gasteiger partial charge on any atom is -0.504 e. The molecule has 0 atom stereocenters. The molecule has 0 bridgehead atoms. The van der Waals surface area contributed by atoms with Gasteiger partial charge in [-0.3, -0.25) is 5.10 Å². The van der Waals surface area contributed by atoms with Crippen LogP contribution in [-0.4, -0.2) is 29.7 Å². The average molecular weight is 398 g/mol. The van der Waals surface area contributed by atoms with Crippen molar-refractivity contribution in [2.75, 3.05) is 5.32 Å². The number of nitrogens with one attached hydrogen (secondary N) is 3. The second-order valence-corrected chi connectivity index (χ2v) is 7.63. The van der Waals surface area contributed by atoms with E-state index in [0.717, 1.165) is 17.0 Å². The molecule has 4 N–H and O–H groups in total. The van der Waals surface area contributed by atoms with E-state index in [2.05, 4.69) is 25.2 Å². The number of phenolic OH excluding ortho intramolecular Hbond substituents is 1. The Bertz CT molecular complexity index is 1160. The molecule has 0 unspecified atom stereocenters. The molecule has 1 aliphatic rings. The van der Waals surface area contributed by atoms with E-state index in [1.54, 1.807) is 18.3 Å². The zero-order chi connectivity index (χ0) is 17.8. The standard InChI is InChI=1S/C14H9Cl2N5O3S/c15-7-4-10-12(13(22)11(7)16)19-14(21-25(10,23)24)18-8-2-1-3-9-6(8)5-17-20-9/h1-5,22H,(H,17,20)(H2,18,19,21). The van der Waals surface area contributed by atoms with Crippen molar-refractivity contribution in [3.63, 3.8) is 0 Å². The highest BCUT2D eigenvalue weighted by Gasteiger charge is 2.30. The summed E-state index contributed by atoms with van der Waals surface area (Å²) in [7, 11) is -3.98. The maximum Gasteiger partial charge on any atom is 0.266 e. The maximum absolute atomic E-state index is 12.4. The summed E-state index contributed by atoms with van der Waals surface area (Å²) in [6.07, 6.45) is 1.59. The molecule has 0 fully saturated rings. The van der Waals surface area contributed by atoms with E-state index in [4.69, 9.17) is 23.2 Å². The number of anilines is 1. The zero-order valence-corrected chi connectivity index (χ0v) is 14.5. The number of benzene rings is 2. The lowest BCUT2D eigenvalue weighted by atomic mass is 10.2. The molecule has 8 nitrogen and oxygen atoms in total. The Morgan fingerprint density at radius 2 is 2.04 bits per heavy atom. The summed E-state index contributed by atoms with van der Waals surface area (Å²) in [5.74, 6) is -0.593. The highest BCUT2D eigenvalue weighted by molar-refractivity contribution is 7.90. The van der Waals surface area contributed by atoms with Gasteiger partial charge in [0, 0.05) is 5.39 Å². The smallest absolute Gasteiger partial charge is 0.266 e. The number of fused-ring (bicyclic) bond motifs is 2. The molecule has 0 spiro atoms. The van der Waals surface area contributed by atoms with Gasteiger partial charge in [-0.2, -0.15) is 5.10 Å². The number of hydrogen-bond acceptors (Lipinski definition) is 6. The predicted molar refractivity (Wildman–Crippen MR) is 95.3 cm³/mol. The van der Waals surface area contributed by atoms with Crippen LogP contribution in [0.25, 0.3) is 10.9 Å². The summed E-state index contributed by atoms with van der Waals surface area (Å²) in [4.78, 5) is 3.86. The Morgan fingerprint density at radius 3 is 2.84 bits per heavy atom. The third kappa shape index (κ3) is 2.56. The molecule has 0 radical (unpaired) electrons. The highest BCUT2D eigenvalue weighted by Crippen LogP contribution is 2.45. The molecular formula is C14H9Cl2N5O3S. The van der Waals surface area contributed by atoms with Gasteiger partial charge in [0.25, 0.3) is 10.0 Å². The lowest BCUT2D eigenvalue weighted by Crippen LogP contribution is -2.38. The lowest BCUT2D eigenvalue weighted by Gasteiger charge is -2.20. The van der Waals surface area contributed by atoms with Gasteiger partial charge >= 0.3 is 0 Å². The minimum absolute atomic E-state index is 0.0851. The van der Waals surface area contributed by atoms with Crippen LogP contribution < -0.4 is 10.0 Å². The van der Waals surface area contributed by atoms with Crippen molar-refractivity contribution in [3.8, 4) is 5.75 Å². The van der Waals surface area contributed by atoms with E-state index in [1.165, 1.54) is 0 Å². The fraction of sp³-hybridized carbons (Fsp3) is 0. The number of aromatic hydroxyl groups is 1. The van der Waals surface area contributed by atoms with Gasteiger partial charge in [-0.1, -0.05) is 29.3 Å². The van der Waals surface area contributed by atoms with Gasteiger partial charge in [-0.05, 0) is 18.2 Å². The van der Waals surface area contributed by atoms with Gasteiger partial charge in [0.2, 0.25) is 5.96 Å². The van der Waals surface area contributed by atoms with Gasteiger partial charge < -0.3 is 10.4 Å². The molecule has 0 amide bonds. The molecule has 1 aromatic heterocycles. The van der Waals surface area contributed by atoms with Gasteiger partial charge in [-0.15, -0.1) is 0 Å². The molecule has 0 saturated carbocycles. The highest BCUT2D eigenvalue weighted by atomic mass is 35.5. The number of aromatic nitrogens is 2. The molecule has 0 aliphatic carbocycles. The number of aliphatic imine (C=N–C) groups is 1. The molecular weight excluding hydrogens is 389 g/mol. The lowest BCUT2D eigenvalue weighted by molar-refractivity contribution is 0.475. The molecule has 4 rings (SSSR count). The van der Waals surface area contributed by atoms with Crippen LogP contribution in [-0.2, 0) is 10.0 Å². The molecule has 2 heterocycles. The van der Waals surface area contributed by atoms with Crippen LogP contribution in [0.1, 0.15) is 0 Å². The van der Waals surface area contributed by atoms with E-state index in [-0.39, 0.29) is 26.6 Å². The summed E-state index contributed by atoms with van der Waals surface area (Å²) < 4.78 is 27.2. The van der Waals surface area contributed by atoms with E-state index in [0.29, 0.717) is 5.69 Å². The topological polar surface area (TPSA) is 119 Å². The quantitative estimate of drug-likeness (QED) is 0.503. The third-order valence-corrected chi connectivity index (χ3v) is 5.74. The number of sulfonamides is 1. The van der Waals surface area contributed by atoms with Gasteiger partial charge in [-0.25, -0.2) is 18.1 Å². The fourth-order valence-electron chi connectivity index (χ4n) is 2.47. The molecule has 11 heteroatoms. The largest absolute Gasteiger partial charge is 0.504 e. The number of halogens is 2. The van der Waals surface area contributed by atoms with Gasteiger partial charge in [0.15, 0.2) is 5.75 Å². The number of aromatic amines is 1. The summed E-state index contributed by atoms with van der Waals surface area (Å²) >= 11 is 11.7. The molecule has 0 saturated heterocycles. The first-order valence-electron chi connectivity index (χ1n) is 6.88. The number of guanidine groups is 1. The number of nitrogens with zero attached hydrogens (tertiary/aromatic N) is 2. The minimum atomic E-state index is -3.98. The molecule has 2 aromatic carbocycles. The van der Waals surface area contributed by atoms with Crippen molar-refractivity contribution in [1.29, 1.82) is 0 Å². The zero-order valence-electron chi connectivity index (χ0n) is 12.2. The first-order chi connectivity index (χ1) is 11.9. The van der Waals surface area contributed by atoms with Crippen LogP contribution in [0.3, 0.4) is 0 Å². The number of hydrogen-bond donors (Lipinski definition) is 4. The van der Waals surface area contributed by atoms with Crippen LogP contribution >= 0.6 is 23.2 Å².